The summed E-state index contributed by atoms with van der Waals surface area (Å²) in [5.74, 6) is 10.6. The van der Waals surface area contributed by atoms with Gasteiger partial charge in [-0.15, -0.1) is 0 Å². The average Bonchev–Trinajstić information content (AvgIpc) is 1.03. The van der Waals surface area contributed by atoms with Gasteiger partial charge < -0.3 is 42.1 Å². The van der Waals surface area contributed by atoms with Crippen LogP contribution in [0.5, 0.6) is 69.0 Å². The second kappa shape index (κ2) is 27.0. The Labute approximate surface area is 692 Å². The van der Waals surface area contributed by atoms with E-state index < -0.39 is 0 Å². The number of hydrogen-bond donors (Lipinski definition) is 0. The van der Waals surface area contributed by atoms with E-state index in [1.54, 1.807) is 0 Å². The van der Waals surface area contributed by atoms with Crippen molar-refractivity contribution in [2.75, 3.05) is 0 Å². The van der Waals surface area contributed by atoms with Crippen LogP contribution >= 0.6 is 0 Å². The van der Waals surface area contributed by atoms with Crippen molar-refractivity contribution in [2.45, 2.75) is 0 Å². The van der Waals surface area contributed by atoms with E-state index in [1.807, 2.05) is 36.4 Å². The fourth-order valence-electron chi connectivity index (χ4n) is 19.7. The molecule has 0 saturated carbocycles. The molecule has 120 heavy (non-hydrogen) atoms. The van der Waals surface area contributed by atoms with Gasteiger partial charge in [-0.1, -0.05) is 249 Å². The van der Waals surface area contributed by atoms with Crippen molar-refractivity contribution >= 4 is 135 Å². The van der Waals surface area contributed by atoms with Gasteiger partial charge in [0.25, 0.3) is 20.1 Å². The van der Waals surface area contributed by atoms with Crippen molar-refractivity contribution in [2.24, 2.45) is 0 Å². The van der Waals surface area contributed by atoms with Crippen LogP contribution in [0.25, 0.3) is 116 Å². The second-order valence-electron chi connectivity index (χ2n) is 31.6. The number of aromatic nitrogens is 3. The predicted molar refractivity (Wildman–Crippen MR) is 492 cm³/mol. The monoisotopic (exact) mass is 1530 g/mol. The number of fused-ring (bicyclic) bond motifs is 21. The van der Waals surface area contributed by atoms with Crippen molar-refractivity contribution in [3.05, 3.63) is 400 Å². The summed E-state index contributed by atoms with van der Waals surface area (Å²) in [6, 6.07) is 141. The maximum Gasteiger partial charge on any atom is 0.260 e. The molecular weight excluding hydrogens is 1470 g/mol. The third-order valence-corrected chi connectivity index (χ3v) is 25.0. The lowest BCUT2D eigenvalue weighted by Gasteiger charge is -2.33. The molecule has 0 saturated heterocycles. The highest BCUT2D eigenvalue weighted by molar-refractivity contribution is 6.99. The predicted octanol–water partition coefficient (Wildman–Crippen LogP) is 21.5. The summed E-state index contributed by atoms with van der Waals surface area (Å²) in [5.41, 5.74) is 27.5. The Balaban J connectivity index is 0.0000000997. The van der Waals surface area contributed by atoms with Crippen molar-refractivity contribution < 1.29 is 28.4 Å². The van der Waals surface area contributed by atoms with Crippen LogP contribution in [-0.2, 0) is 0 Å². The van der Waals surface area contributed by atoms with E-state index in [0.29, 0.717) is 0 Å². The first-order chi connectivity index (χ1) is 59.5. The molecule has 0 N–H and O–H groups in total. The molecule has 0 spiro atoms. The third-order valence-electron chi connectivity index (χ3n) is 25.0. The van der Waals surface area contributed by atoms with Crippen LogP contribution in [0.15, 0.2) is 400 Å². The molecule has 0 aliphatic carbocycles. The van der Waals surface area contributed by atoms with Gasteiger partial charge in [-0.3, -0.25) is 0 Å². The zero-order valence-electron chi connectivity index (χ0n) is 64.6. The Kier molecular flexibility index (Phi) is 15.2. The van der Waals surface area contributed by atoms with E-state index in [4.69, 9.17) is 28.4 Å². The van der Waals surface area contributed by atoms with E-state index in [9.17, 15) is 0 Å². The van der Waals surface area contributed by atoms with Crippen molar-refractivity contribution in [1.82, 2.24) is 13.7 Å². The van der Waals surface area contributed by atoms with Crippen LogP contribution in [0, 0.1) is 0 Å². The molecule has 6 aliphatic heterocycles. The molecule has 21 aromatic rings. The van der Waals surface area contributed by atoms with Crippen LogP contribution < -0.4 is 77.6 Å². The Morgan fingerprint density at radius 3 is 0.742 bits per heavy atom. The zero-order valence-corrected chi connectivity index (χ0v) is 64.6. The first-order valence-corrected chi connectivity index (χ1v) is 40.9. The molecular formula is C108H66B3N3O6. The van der Waals surface area contributed by atoms with Crippen molar-refractivity contribution in [1.29, 1.82) is 0 Å². The maximum atomic E-state index is 6.54. The molecule has 3 aromatic heterocycles. The topological polar surface area (TPSA) is 70.2 Å². The number of rotatable bonds is 6. The molecule has 558 valence electrons. The minimum absolute atomic E-state index is 0.0806. The van der Waals surface area contributed by atoms with Crippen molar-refractivity contribution in [3.63, 3.8) is 0 Å². The van der Waals surface area contributed by atoms with Crippen LogP contribution in [0.4, 0.5) is 0 Å². The summed E-state index contributed by atoms with van der Waals surface area (Å²) in [5, 5.41) is 7.46. The van der Waals surface area contributed by atoms with Gasteiger partial charge in [-0.25, -0.2) is 0 Å². The van der Waals surface area contributed by atoms with E-state index in [2.05, 4.69) is 378 Å². The Morgan fingerprint density at radius 1 is 0.150 bits per heavy atom. The van der Waals surface area contributed by atoms with Crippen LogP contribution in [0.2, 0.25) is 0 Å². The van der Waals surface area contributed by atoms with E-state index >= 15 is 0 Å². The summed E-state index contributed by atoms with van der Waals surface area (Å²) < 4.78 is 46.2. The zero-order chi connectivity index (χ0) is 78.6. The largest absolute Gasteiger partial charge is 0.458 e. The molecule has 12 heteroatoms. The quantitative estimate of drug-likeness (QED) is 0.155. The molecule has 0 atom stereocenters. The molecule has 0 unspecified atom stereocenters. The second-order valence-corrected chi connectivity index (χ2v) is 31.6. The van der Waals surface area contributed by atoms with E-state index in [-0.39, 0.29) is 20.1 Å². The highest BCUT2D eigenvalue weighted by Gasteiger charge is 2.44. The Hall–Kier alpha value is -15.6. The average molecular weight is 1530 g/mol. The lowest BCUT2D eigenvalue weighted by atomic mass is 9.35. The summed E-state index contributed by atoms with van der Waals surface area (Å²) in [7, 11) is 0. The standard InChI is InChI=1S/3C36H22BNO2/c1-5-13-30-26(9-1)27-10-2-6-14-31(27)38(30)25-19-17-23(18-20-25)24-21-34-36-35(22-24)40-33-16-8-4-12-29(33)37(36)28-11-3-7-15-32(28)39-34;1-2-10-25(11-3-1)38-30-15-7-4-12-26(30)27-20-23(18-19-31(27)38)24-21-34-36-35(22-24)40-33-17-9-6-14-29(33)37(36)28-13-5-8-16-32(28)39-34;1-2-10-25(11-3-1)38-30-15-7-4-12-26(30)27-19-18-23(20-31(27)38)24-21-34-36-35(22-24)40-33-17-9-6-14-29(33)37(36)28-13-5-8-16-32(28)39-34/h3*1-22H. The molecule has 9 heterocycles. The third kappa shape index (κ3) is 10.6. The lowest BCUT2D eigenvalue weighted by Crippen LogP contribution is -2.57. The fourth-order valence-corrected chi connectivity index (χ4v) is 19.7. The molecule has 0 radical (unpaired) electrons. The number of para-hydroxylation sites is 12. The number of nitrogens with zero attached hydrogens (tertiary/aromatic N) is 3. The highest BCUT2D eigenvalue weighted by Crippen LogP contribution is 2.46. The van der Waals surface area contributed by atoms with Crippen LogP contribution in [0.3, 0.4) is 0 Å². The molecule has 18 aromatic carbocycles. The van der Waals surface area contributed by atoms with Gasteiger partial charge in [0.1, 0.15) is 69.0 Å². The molecule has 0 bridgehead atoms. The maximum absolute atomic E-state index is 6.54. The number of hydrogen-bond acceptors (Lipinski definition) is 6. The SMILES string of the molecule is c1ccc(-n2c3ccccc3c3cc(-c4cc5c6c(c4)Oc4ccccc4B6c4ccccc4O5)ccc32)cc1.c1ccc(-n2c3ccccc3c3ccc(-c4cc5c6c(c4)Oc4ccccc4B6c4ccccc4O5)cc32)cc1.c1ccc2c(c1)Oc1cc(-c3ccc(-n4c5ccccc5c5ccccc54)cc3)cc3c1B2c1ccccc1O3. The molecule has 6 aliphatic rings. The van der Waals surface area contributed by atoms with Gasteiger partial charge in [0, 0.05) is 65.8 Å². The van der Waals surface area contributed by atoms with Gasteiger partial charge in [-0.05, 0) is 218 Å². The number of ether oxygens (including phenoxy) is 6. The first kappa shape index (κ1) is 67.7. The van der Waals surface area contributed by atoms with Gasteiger partial charge >= 0.3 is 0 Å². The minimum atomic E-state index is 0.0806. The first-order valence-electron chi connectivity index (χ1n) is 40.9. The smallest absolute Gasteiger partial charge is 0.260 e. The van der Waals surface area contributed by atoms with Gasteiger partial charge in [-0.2, -0.15) is 0 Å². The Morgan fingerprint density at radius 2 is 0.392 bits per heavy atom. The minimum Gasteiger partial charge on any atom is -0.458 e. The van der Waals surface area contributed by atoms with E-state index in [0.717, 1.165) is 136 Å². The summed E-state index contributed by atoms with van der Waals surface area (Å²) in [4.78, 5) is 0. The van der Waals surface area contributed by atoms with Gasteiger partial charge in [0.05, 0.1) is 33.1 Å². The molecule has 9 nitrogen and oxygen atoms in total. The normalized spacial score (nSPS) is 12.8. The van der Waals surface area contributed by atoms with Gasteiger partial charge in [0.15, 0.2) is 0 Å². The lowest BCUT2D eigenvalue weighted by molar-refractivity contribution is 0.464. The molecule has 27 rings (SSSR count). The Bertz CT molecular complexity index is 7580. The molecule has 0 fully saturated rings. The number of benzene rings is 18. The highest BCUT2D eigenvalue weighted by atomic mass is 16.5. The summed E-state index contributed by atoms with van der Waals surface area (Å²) >= 11 is 0. The fraction of sp³-hybridized carbons (Fsp3) is 0. The van der Waals surface area contributed by atoms with E-state index in [1.165, 1.54) is 98.2 Å². The van der Waals surface area contributed by atoms with Gasteiger partial charge in [0.2, 0.25) is 0 Å². The molecule has 0 amide bonds. The summed E-state index contributed by atoms with van der Waals surface area (Å²) in [6.07, 6.45) is 0. The van der Waals surface area contributed by atoms with Crippen LogP contribution in [-0.4, -0.2) is 33.8 Å². The van der Waals surface area contributed by atoms with Crippen molar-refractivity contribution in [3.8, 4) is 119 Å². The summed E-state index contributed by atoms with van der Waals surface area (Å²) in [6.45, 7) is 0.254. The van der Waals surface area contributed by atoms with Crippen LogP contribution in [0.1, 0.15) is 0 Å².